The summed E-state index contributed by atoms with van der Waals surface area (Å²) in [5, 5.41) is 30.5. The number of anilines is 1. The molecule has 0 bridgehead atoms. The van der Waals surface area contributed by atoms with Crippen molar-refractivity contribution in [3.63, 3.8) is 0 Å². The SMILES string of the molecule is C#Cc1cn([C@@H]2O[C@H](CO)[C@@H](O)[C@]2(O)C#C)c2ncnc(N)c12. The van der Waals surface area contributed by atoms with E-state index in [4.69, 9.17) is 23.3 Å². The predicted molar refractivity (Wildman–Crippen MR) is 80.7 cm³/mol. The van der Waals surface area contributed by atoms with Crippen LogP contribution in [0.25, 0.3) is 11.0 Å². The summed E-state index contributed by atoms with van der Waals surface area (Å²) in [5.74, 6) is 4.76. The number of aliphatic hydroxyl groups excluding tert-OH is 2. The second-order valence-electron chi connectivity index (χ2n) is 5.18. The predicted octanol–water partition coefficient (Wildman–Crippen LogP) is -1.39. The average Bonchev–Trinajstić information content (AvgIpc) is 3.05. The lowest BCUT2D eigenvalue weighted by molar-refractivity contribution is -0.0718. The molecular weight excluding hydrogens is 300 g/mol. The highest BCUT2D eigenvalue weighted by atomic mass is 16.6. The van der Waals surface area contributed by atoms with Gasteiger partial charge in [0.25, 0.3) is 0 Å². The van der Waals surface area contributed by atoms with Gasteiger partial charge in [-0.2, -0.15) is 0 Å². The highest BCUT2D eigenvalue weighted by Gasteiger charge is 2.55. The van der Waals surface area contributed by atoms with Crippen LogP contribution in [0.3, 0.4) is 0 Å². The molecule has 1 fully saturated rings. The average molecular weight is 314 g/mol. The van der Waals surface area contributed by atoms with Crippen molar-refractivity contribution in [1.82, 2.24) is 14.5 Å². The summed E-state index contributed by atoms with van der Waals surface area (Å²) < 4.78 is 6.91. The number of terminal acetylenes is 2. The molecule has 118 valence electrons. The molecule has 0 radical (unpaired) electrons. The van der Waals surface area contributed by atoms with Crippen LogP contribution >= 0.6 is 0 Å². The Bertz CT molecular complexity index is 850. The molecule has 0 saturated carbocycles. The van der Waals surface area contributed by atoms with Crippen LogP contribution in [-0.2, 0) is 4.74 Å². The summed E-state index contributed by atoms with van der Waals surface area (Å²) in [6, 6.07) is 0. The van der Waals surface area contributed by atoms with Crippen molar-refractivity contribution in [2.24, 2.45) is 0 Å². The first-order valence-electron chi connectivity index (χ1n) is 6.70. The van der Waals surface area contributed by atoms with E-state index in [1.54, 1.807) is 0 Å². The third kappa shape index (κ3) is 1.98. The standard InChI is InChI=1S/C15H14N4O4/c1-3-8-5-19(13-10(8)12(16)17-7-18-13)14-15(22,4-2)11(21)9(6-20)23-14/h1-2,5,7,9,11,14,20-22H,6H2,(H2,16,17,18)/t9-,11-,14-,15-/m1/s1. The Morgan fingerprint density at radius 2 is 2.17 bits per heavy atom. The van der Waals surface area contributed by atoms with Gasteiger partial charge in [0, 0.05) is 6.20 Å². The fourth-order valence-electron chi connectivity index (χ4n) is 2.75. The van der Waals surface area contributed by atoms with Crippen molar-refractivity contribution in [2.75, 3.05) is 12.3 Å². The summed E-state index contributed by atoms with van der Waals surface area (Å²) in [7, 11) is 0. The number of aromatic nitrogens is 3. The second-order valence-corrected chi connectivity index (χ2v) is 5.18. The molecule has 2 aromatic rings. The number of hydrogen-bond donors (Lipinski definition) is 4. The Kier molecular flexibility index (Phi) is 3.48. The van der Waals surface area contributed by atoms with Gasteiger partial charge in [-0.3, -0.25) is 0 Å². The van der Waals surface area contributed by atoms with E-state index in [0.29, 0.717) is 16.6 Å². The van der Waals surface area contributed by atoms with Crippen LogP contribution < -0.4 is 5.73 Å². The zero-order valence-electron chi connectivity index (χ0n) is 11.9. The largest absolute Gasteiger partial charge is 0.394 e. The number of nitrogens with two attached hydrogens (primary N) is 1. The van der Waals surface area contributed by atoms with Crippen molar-refractivity contribution >= 4 is 16.9 Å². The van der Waals surface area contributed by atoms with E-state index in [0.717, 1.165) is 0 Å². The number of ether oxygens (including phenoxy) is 1. The van der Waals surface area contributed by atoms with Crippen molar-refractivity contribution in [2.45, 2.75) is 24.0 Å². The number of nitrogens with zero attached hydrogens (tertiary/aromatic N) is 3. The molecule has 1 aliphatic heterocycles. The van der Waals surface area contributed by atoms with Crippen LogP contribution in [0.15, 0.2) is 12.5 Å². The molecule has 3 heterocycles. The third-order valence-corrected chi connectivity index (χ3v) is 3.94. The van der Waals surface area contributed by atoms with Gasteiger partial charge in [-0.05, 0) is 0 Å². The molecule has 1 saturated heterocycles. The fraction of sp³-hybridized carbons (Fsp3) is 0.333. The molecule has 8 heteroatoms. The minimum atomic E-state index is -2.06. The monoisotopic (exact) mass is 314 g/mol. The Hall–Kier alpha value is -2.62. The lowest BCUT2D eigenvalue weighted by Crippen LogP contribution is -2.45. The van der Waals surface area contributed by atoms with E-state index in [9.17, 15) is 15.3 Å². The minimum Gasteiger partial charge on any atom is -0.394 e. The van der Waals surface area contributed by atoms with E-state index in [1.807, 2.05) is 0 Å². The lowest BCUT2D eigenvalue weighted by atomic mass is 9.95. The molecule has 0 amide bonds. The molecule has 0 aliphatic carbocycles. The molecule has 2 aromatic heterocycles. The molecule has 0 spiro atoms. The van der Waals surface area contributed by atoms with Crippen LogP contribution in [-0.4, -0.2) is 54.3 Å². The van der Waals surface area contributed by atoms with Gasteiger partial charge in [-0.15, -0.1) is 12.8 Å². The first-order valence-corrected chi connectivity index (χ1v) is 6.70. The van der Waals surface area contributed by atoms with Crippen LogP contribution in [0.1, 0.15) is 11.8 Å². The van der Waals surface area contributed by atoms with Crippen LogP contribution in [0.2, 0.25) is 0 Å². The summed E-state index contributed by atoms with van der Waals surface area (Å²) >= 11 is 0. The van der Waals surface area contributed by atoms with E-state index < -0.39 is 30.6 Å². The molecule has 8 nitrogen and oxygen atoms in total. The first-order chi connectivity index (χ1) is 11.0. The van der Waals surface area contributed by atoms with Gasteiger partial charge >= 0.3 is 0 Å². The van der Waals surface area contributed by atoms with Gasteiger partial charge in [-0.1, -0.05) is 11.8 Å². The van der Waals surface area contributed by atoms with Crippen LogP contribution in [0.5, 0.6) is 0 Å². The molecule has 1 aliphatic rings. The Morgan fingerprint density at radius 1 is 1.43 bits per heavy atom. The molecule has 3 rings (SSSR count). The van der Waals surface area contributed by atoms with Crippen molar-refractivity contribution < 1.29 is 20.1 Å². The number of nitrogen functional groups attached to an aromatic ring is 1. The number of hydrogen-bond acceptors (Lipinski definition) is 7. The van der Waals surface area contributed by atoms with Gasteiger partial charge in [-0.25, -0.2) is 9.97 Å². The quantitative estimate of drug-likeness (QED) is 0.503. The van der Waals surface area contributed by atoms with Gasteiger partial charge in [0.2, 0.25) is 0 Å². The molecule has 23 heavy (non-hydrogen) atoms. The smallest absolute Gasteiger partial charge is 0.199 e. The summed E-state index contributed by atoms with van der Waals surface area (Å²) in [6.07, 6.45) is 9.85. The zero-order valence-corrected chi connectivity index (χ0v) is 11.9. The molecule has 4 atom stereocenters. The van der Waals surface area contributed by atoms with Crippen LogP contribution in [0, 0.1) is 24.7 Å². The molecule has 0 aromatic carbocycles. The summed E-state index contributed by atoms with van der Waals surface area (Å²) in [4.78, 5) is 7.99. The maximum atomic E-state index is 10.6. The maximum absolute atomic E-state index is 10.6. The number of aliphatic hydroxyl groups is 3. The Labute approximate surface area is 131 Å². The number of rotatable bonds is 2. The lowest BCUT2D eigenvalue weighted by Gasteiger charge is -2.26. The summed E-state index contributed by atoms with van der Waals surface area (Å²) in [5.41, 5.74) is 4.46. The van der Waals surface area contributed by atoms with Crippen molar-refractivity contribution in [3.8, 4) is 24.7 Å². The van der Waals surface area contributed by atoms with Crippen LogP contribution in [0.4, 0.5) is 5.82 Å². The molecule has 0 unspecified atom stereocenters. The normalized spacial score (nSPS) is 30.2. The zero-order chi connectivity index (χ0) is 16.8. The van der Waals surface area contributed by atoms with E-state index in [-0.39, 0.29) is 5.82 Å². The van der Waals surface area contributed by atoms with Crippen molar-refractivity contribution in [3.05, 3.63) is 18.1 Å². The molecular formula is C15H14N4O4. The highest BCUT2D eigenvalue weighted by molar-refractivity contribution is 5.92. The van der Waals surface area contributed by atoms with E-state index in [1.165, 1.54) is 17.1 Å². The van der Waals surface area contributed by atoms with Gasteiger partial charge in [0.15, 0.2) is 11.8 Å². The second kappa shape index (κ2) is 5.23. The maximum Gasteiger partial charge on any atom is 0.199 e. The minimum absolute atomic E-state index is 0.170. The molecule has 5 N–H and O–H groups in total. The Balaban J connectivity index is 2.24. The third-order valence-electron chi connectivity index (χ3n) is 3.94. The summed E-state index contributed by atoms with van der Waals surface area (Å²) in [6.45, 7) is -0.514. The van der Waals surface area contributed by atoms with Gasteiger partial charge in [0.05, 0.1) is 17.6 Å². The van der Waals surface area contributed by atoms with Crippen molar-refractivity contribution in [1.29, 1.82) is 0 Å². The van der Waals surface area contributed by atoms with E-state index >= 15 is 0 Å². The topological polar surface area (TPSA) is 127 Å². The highest BCUT2D eigenvalue weighted by Crippen LogP contribution is 2.40. The van der Waals surface area contributed by atoms with Gasteiger partial charge < -0.3 is 30.4 Å². The van der Waals surface area contributed by atoms with Gasteiger partial charge in [0.1, 0.15) is 30.0 Å². The Morgan fingerprint density at radius 3 is 2.78 bits per heavy atom. The van der Waals surface area contributed by atoms with E-state index in [2.05, 4.69) is 21.8 Å². The number of fused-ring (bicyclic) bond motifs is 1. The fourth-order valence-corrected chi connectivity index (χ4v) is 2.75. The first kappa shape index (κ1) is 15.3.